The van der Waals surface area contributed by atoms with Gasteiger partial charge in [-0.1, -0.05) is 28.1 Å². The van der Waals surface area contributed by atoms with Gasteiger partial charge in [0.05, 0.1) is 5.41 Å². The van der Waals surface area contributed by atoms with Gasteiger partial charge in [0.15, 0.2) is 0 Å². The molecular formula is C10H10BrN3O. The maximum Gasteiger partial charge on any atom is 0.228 e. The van der Waals surface area contributed by atoms with E-state index in [-0.39, 0.29) is 0 Å². The van der Waals surface area contributed by atoms with E-state index < -0.39 is 11.3 Å². The summed E-state index contributed by atoms with van der Waals surface area (Å²) < 4.78 is 0.891. The predicted octanol–water partition coefficient (Wildman–Crippen LogP) is 3.56. The summed E-state index contributed by atoms with van der Waals surface area (Å²) in [7, 11) is 0. The molecule has 0 atom stereocenters. The first-order valence-corrected chi connectivity index (χ1v) is 5.13. The van der Waals surface area contributed by atoms with Gasteiger partial charge in [0.1, 0.15) is 0 Å². The average molecular weight is 268 g/mol. The molecule has 0 aliphatic carbocycles. The van der Waals surface area contributed by atoms with Crippen LogP contribution >= 0.6 is 15.9 Å². The van der Waals surface area contributed by atoms with E-state index in [1.54, 1.807) is 13.8 Å². The molecule has 1 aromatic carbocycles. The molecule has 0 saturated heterocycles. The first-order valence-electron chi connectivity index (χ1n) is 4.34. The Morgan fingerprint density at radius 2 is 2.20 bits per heavy atom. The van der Waals surface area contributed by atoms with Gasteiger partial charge in [-0.25, -0.2) is 0 Å². The minimum atomic E-state index is -0.796. The standard InChI is InChI=1S/C10H10BrN3O/c1-10(2,9(15)13-14-12)7-4-3-5-8(11)6-7/h3-6H,1-2H3. The van der Waals surface area contributed by atoms with Crippen LogP contribution in [0.2, 0.25) is 0 Å². The fourth-order valence-corrected chi connectivity index (χ4v) is 1.57. The second-order valence-corrected chi connectivity index (χ2v) is 4.55. The first-order chi connectivity index (χ1) is 6.98. The van der Waals surface area contributed by atoms with E-state index in [9.17, 15) is 4.79 Å². The number of hydrogen-bond acceptors (Lipinski definition) is 1. The average Bonchev–Trinajstić information content (AvgIpc) is 2.18. The van der Waals surface area contributed by atoms with E-state index in [4.69, 9.17) is 5.53 Å². The van der Waals surface area contributed by atoms with Crippen LogP contribution in [-0.2, 0) is 10.2 Å². The molecule has 0 aromatic heterocycles. The normalized spacial score (nSPS) is 10.6. The molecule has 0 N–H and O–H groups in total. The Kier molecular flexibility index (Phi) is 3.50. The van der Waals surface area contributed by atoms with Gasteiger partial charge >= 0.3 is 0 Å². The van der Waals surface area contributed by atoms with Gasteiger partial charge in [-0.15, -0.1) is 0 Å². The lowest BCUT2D eigenvalue weighted by molar-refractivity contribution is -0.122. The molecule has 1 amide bonds. The number of azide groups is 1. The fraction of sp³-hybridized carbons (Fsp3) is 0.300. The van der Waals surface area contributed by atoms with E-state index in [0.29, 0.717) is 0 Å². The third kappa shape index (κ3) is 2.58. The zero-order chi connectivity index (χ0) is 11.5. The number of carbonyl (C=O) groups excluding carboxylic acids is 1. The molecule has 1 rings (SSSR count). The minimum absolute atomic E-state index is 0.483. The van der Waals surface area contributed by atoms with Crippen LogP contribution < -0.4 is 0 Å². The summed E-state index contributed by atoms with van der Waals surface area (Å²) in [5, 5.41) is 3.13. The van der Waals surface area contributed by atoms with Crippen LogP contribution in [0.3, 0.4) is 0 Å². The lowest BCUT2D eigenvalue weighted by Crippen LogP contribution is -2.26. The number of carbonyl (C=O) groups is 1. The highest BCUT2D eigenvalue weighted by atomic mass is 79.9. The molecule has 78 valence electrons. The van der Waals surface area contributed by atoms with Gasteiger partial charge in [-0.3, -0.25) is 4.79 Å². The summed E-state index contributed by atoms with van der Waals surface area (Å²) in [5.74, 6) is -0.483. The molecule has 0 fully saturated rings. The number of nitrogens with zero attached hydrogens (tertiary/aromatic N) is 3. The van der Waals surface area contributed by atoms with Crippen molar-refractivity contribution in [3.05, 3.63) is 44.7 Å². The Labute approximate surface area is 96.1 Å². The van der Waals surface area contributed by atoms with Gasteiger partial charge in [0.25, 0.3) is 0 Å². The summed E-state index contributed by atoms with van der Waals surface area (Å²) in [4.78, 5) is 14.1. The Hall–Kier alpha value is -1.32. The number of benzene rings is 1. The largest absolute Gasteiger partial charge is 0.292 e. The van der Waals surface area contributed by atoms with Gasteiger partial charge in [0.2, 0.25) is 5.91 Å². The molecular weight excluding hydrogens is 258 g/mol. The van der Waals surface area contributed by atoms with Crippen molar-refractivity contribution >= 4 is 21.8 Å². The van der Waals surface area contributed by atoms with Gasteiger partial charge in [0, 0.05) is 9.38 Å². The van der Waals surface area contributed by atoms with Crippen LogP contribution in [0.1, 0.15) is 19.4 Å². The SMILES string of the molecule is CC(C)(C(=O)N=[N+]=[N-])c1cccc(Br)c1. The molecule has 0 bridgehead atoms. The first kappa shape index (κ1) is 11.8. The number of halogens is 1. The Balaban J connectivity index is 3.15. The third-order valence-corrected chi connectivity index (χ3v) is 2.71. The summed E-state index contributed by atoms with van der Waals surface area (Å²) in [6.07, 6.45) is 0. The molecule has 0 aliphatic heterocycles. The third-order valence-electron chi connectivity index (χ3n) is 2.22. The highest BCUT2D eigenvalue weighted by Gasteiger charge is 2.28. The quantitative estimate of drug-likeness (QED) is 0.459. The molecule has 5 heteroatoms. The highest BCUT2D eigenvalue weighted by Crippen LogP contribution is 2.27. The lowest BCUT2D eigenvalue weighted by Gasteiger charge is -2.21. The Morgan fingerprint density at radius 1 is 1.53 bits per heavy atom. The Bertz CT molecular complexity index is 436. The maximum atomic E-state index is 11.5. The second kappa shape index (κ2) is 4.47. The van der Waals surface area contributed by atoms with Crippen molar-refractivity contribution in [2.24, 2.45) is 5.11 Å². The molecule has 0 unspecified atom stereocenters. The lowest BCUT2D eigenvalue weighted by atomic mass is 9.84. The van der Waals surface area contributed by atoms with E-state index in [1.165, 1.54) is 0 Å². The van der Waals surface area contributed by atoms with E-state index >= 15 is 0 Å². The van der Waals surface area contributed by atoms with Crippen LogP contribution in [-0.4, -0.2) is 5.91 Å². The summed E-state index contributed by atoms with van der Waals surface area (Å²) >= 11 is 3.33. The fourth-order valence-electron chi connectivity index (χ4n) is 1.17. The van der Waals surface area contributed by atoms with Gasteiger partial charge in [-0.05, 0) is 42.2 Å². The molecule has 0 heterocycles. The van der Waals surface area contributed by atoms with Gasteiger partial charge in [-0.2, -0.15) is 0 Å². The molecule has 0 aliphatic rings. The number of rotatable bonds is 2. The molecule has 0 radical (unpaired) electrons. The number of amides is 1. The van der Waals surface area contributed by atoms with Crippen LogP contribution in [0.4, 0.5) is 0 Å². The van der Waals surface area contributed by atoms with Crippen LogP contribution in [0.5, 0.6) is 0 Å². The molecule has 4 nitrogen and oxygen atoms in total. The molecule has 0 saturated carbocycles. The van der Waals surface area contributed by atoms with Crippen molar-refractivity contribution < 1.29 is 4.79 Å². The summed E-state index contributed by atoms with van der Waals surface area (Å²) in [6, 6.07) is 7.38. The van der Waals surface area contributed by atoms with E-state index in [0.717, 1.165) is 10.0 Å². The smallest absolute Gasteiger partial charge is 0.228 e. The molecule has 15 heavy (non-hydrogen) atoms. The Morgan fingerprint density at radius 3 is 2.73 bits per heavy atom. The van der Waals surface area contributed by atoms with Crippen LogP contribution in [0.25, 0.3) is 10.4 Å². The van der Waals surface area contributed by atoms with Crippen LogP contribution in [0.15, 0.2) is 33.9 Å². The van der Waals surface area contributed by atoms with Crippen molar-refractivity contribution in [2.45, 2.75) is 19.3 Å². The second-order valence-electron chi connectivity index (χ2n) is 3.63. The zero-order valence-electron chi connectivity index (χ0n) is 8.44. The van der Waals surface area contributed by atoms with Crippen molar-refractivity contribution in [2.75, 3.05) is 0 Å². The van der Waals surface area contributed by atoms with E-state index in [1.807, 2.05) is 24.3 Å². The molecule has 0 spiro atoms. The van der Waals surface area contributed by atoms with Crippen molar-refractivity contribution in [1.82, 2.24) is 0 Å². The van der Waals surface area contributed by atoms with Crippen LogP contribution in [0, 0.1) is 0 Å². The van der Waals surface area contributed by atoms with Crippen molar-refractivity contribution in [3.63, 3.8) is 0 Å². The van der Waals surface area contributed by atoms with Crippen molar-refractivity contribution in [1.29, 1.82) is 0 Å². The molecule has 1 aromatic rings. The maximum absolute atomic E-state index is 11.5. The zero-order valence-corrected chi connectivity index (χ0v) is 10.0. The highest BCUT2D eigenvalue weighted by molar-refractivity contribution is 9.10. The minimum Gasteiger partial charge on any atom is -0.292 e. The monoisotopic (exact) mass is 267 g/mol. The predicted molar refractivity (Wildman–Crippen MR) is 61.3 cm³/mol. The topological polar surface area (TPSA) is 65.8 Å². The van der Waals surface area contributed by atoms with Gasteiger partial charge < -0.3 is 0 Å². The van der Waals surface area contributed by atoms with Crippen molar-refractivity contribution in [3.8, 4) is 0 Å². The number of hydrogen-bond donors (Lipinski definition) is 0. The van der Waals surface area contributed by atoms with E-state index in [2.05, 4.69) is 26.0 Å². The summed E-state index contributed by atoms with van der Waals surface area (Å²) in [5.41, 5.74) is 8.25. The summed E-state index contributed by atoms with van der Waals surface area (Å²) in [6.45, 7) is 3.46.